The van der Waals surface area contributed by atoms with E-state index < -0.39 is 17.7 Å². The fourth-order valence-corrected chi connectivity index (χ4v) is 4.99. The van der Waals surface area contributed by atoms with Crippen LogP contribution in [0.3, 0.4) is 0 Å². The number of nitrogens with zero attached hydrogens (tertiary/aromatic N) is 2. The van der Waals surface area contributed by atoms with Crippen LogP contribution in [-0.2, 0) is 16.0 Å². The molecule has 2 aliphatic heterocycles. The van der Waals surface area contributed by atoms with E-state index in [2.05, 4.69) is 18.7 Å². The van der Waals surface area contributed by atoms with Gasteiger partial charge in [0.05, 0.1) is 25.8 Å². The zero-order chi connectivity index (χ0) is 26.0. The van der Waals surface area contributed by atoms with Crippen molar-refractivity contribution in [3.05, 3.63) is 58.7 Å². The molecule has 2 heterocycles. The molecular weight excluding hydrogens is 460 g/mol. The van der Waals surface area contributed by atoms with Gasteiger partial charge < -0.3 is 29.1 Å². The van der Waals surface area contributed by atoms with Gasteiger partial charge in [-0.25, -0.2) is 0 Å². The highest BCUT2D eigenvalue weighted by atomic mass is 16.5. The number of amides is 1. The van der Waals surface area contributed by atoms with Crippen molar-refractivity contribution in [2.75, 3.05) is 40.4 Å². The summed E-state index contributed by atoms with van der Waals surface area (Å²) in [5.74, 6) is 0.275. The van der Waals surface area contributed by atoms with Crippen LogP contribution in [0.5, 0.6) is 17.2 Å². The molecule has 0 aromatic heterocycles. The van der Waals surface area contributed by atoms with Crippen molar-refractivity contribution in [1.29, 1.82) is 0 Å². The van der Waals surface area contributed by atoms with Crippen LogP contribution < -0.4 is 14.2 Å². The number of carbonyl (C=O) groups is 2. The van der Waals surface area contributed by atoms with Crippen molar-refractivity contribution in [2.24, 2.45) is 0 Å². The third-order valence-electron chi connectivity index (χ3n) is 6.98. The van der Waals surface area contributed by atoms with Crippen molar-refractivity contribution in [2.45, 2.75) is 39.3 Å². The molecule has 1 fully saturated rings. The van der Waals surface area contributed by atoms with Gasteiger partial charge in [0.2, 0.25) is 0 Å². The molecule has 1 amide bonds. The lowest BCUT2D eigenvalue weighted by Gasteiger charge is -2.28. The molecule has 36 heavy (non-hydrogen) atoms. The van der Waals surface area contributed by atoms with Gasteiger partial charge in [-0.15, -0.1) is 0 Å². The topological polar surface area (TPSA) is 88.5 Å². The number of rotatable bonds is 9. The molecule has 2 atom stereocenters. The fourth-order valence-electron chi connectivity index (χ4n) is 4.99. The van der Waals surface area contributed by atoms with E-state index in [1.807, 2.05) is 13.0 Å². The monoisotopic (exact) mass is 494 g/mol. The fraction of sp³-hybridized carbons (Fsp3) is 0.429. The summed E-state index contributed by atoms with van der Waals surface area (Å²) in [4.78, 5) is 30.4. The number of likely N-dealkylation sites (tertiary alicyclic amines) is 1. The zero-order valence-corrected chi connectivity index (χ0v) is 21.5. The Morgan fingerprint density at radius 3 is 2.47 bits per heavy atom. The predicted molar refractivity (Wildman–Crippen MR) is 137 cm³/mol. The normalized spacial score (nSPS) is 20.6. The van der Waals surface area contributed by atoms with Crippen molar-refractivity contribution in [3.63, 3.8) is 0 Å². The minimum atomic E-state index is -0.760. The maximum absolute atomic E-state index is 13.4. The first-order chi connectivity index (χ1) is 17.3. The van der Waals surface area contributed by atoms with Crippen molar-refractivity contribution >= 4 is 17.4 Å². The van der Waals surface area contributed by atoms with Gasteiger partial charge in [0.15, 0.2) is 11.5 Å². The number of methoxy groups -OCH3 is 2. The van der Waals surface area contributed by atoms with E-state index in [1.165, 1.54) is 7.11 Å². The molecular formula is C28H34N2O6. The molecule has 1 N–H and O–H groups in total. The average Bonchev–Trinajstić information content (AvgIpc) is 3.39. The quantitative estimate of drug-likeness (QED) is 0.322. The Morgan fingerprint density at radius 2 is 1.81 bits per heavy atom. The van der Waals surface area contributed by atoms with E-state index in [-0.39, 0.29) is 17.4 Å². The Balaban J connectivity index is 1.82. The van der Waals surface area contributed by atoms with E-state index in [9.17, 15) is 14.7 Å². The number of hydrogen-bond donors (Lipinski definition) is 1. The Morgan fingerprint density at radius 1 is 1.08 bits per heavy atom. The number of Topliss-reactive ketones (excluding diaryl/α,β-unsaturated/α-hetero) is 1. The second kappa shape index (κ2) is 10.6. The van der Waals surface area contributed by atoms with E-state index >= 15 is 0 Å². The number of hydrogen-bond acceptors (Lipinski definition) is 7. The van der Waals surface area contributed by atoms with Crippen LogP contribution in [0.4, 0.5) is 0 Å². The standard InChI is InChI=1S/C28H34N2O6/c1-6-29(7-2)12-13-30-25(18-8-11-22(34-4)23(16-18)35-5)24(27(32)28(30)33)26(31)19-9-10-21-20(15-19)14-17(3)36-21/h8-11,15-17,25,31H,6-7,12-14H2,1-5H3/b26-24+. The molecule has 2 aliphatic rings. The molecule has 2 unspecified atom stereocenters. The summed E-state index contributed by atoms with van der Waals surface area (Å²) in [7, 11) is 3.08. The van der Waals surface area contributed by atoms with Crippen LogP contribution in [0.15, 0.2) is 42.0 Å². The number of ether oxygens (including phenoxy) is 3. The molecule has 0 saturated carbocycles. The van der Waals surface area contributed by atoms with Gasteiger partial charge in [0, 0.05) is 25.1 Å². The first kappa shape index (κ1) is 25.6. The molecule has 1 saturated heterocycles. The van der Waals surface area contributed by atoms with Crippen LogP contribution >= 0.6 is 0 Å². The van der Waals surface area contributed by atoms with Crippen LogP contribution in [0.1, 0.15) is 43.5 Å². The number of ketones is 1. The first-order valence-corrected chi connectivity index (χ1v) is 12.3. The molecule has 8 nitrogen and oxygen atoms in total. The van der Waals surface area contributed by atoms with Gasteiger partial charge in [-0.2, -0.15) is 0 Å². The van der Waals surface area contributed by atoms with Gasteiger partial charge >= 0.3 is 0 Å². The van der Waals surface area contributed by atoms with E-state index in [0.717, 1.165) is 24.4 Å². The van der Waals surface area contributed by atoms with Crippen LogP contribution in [0.25, 0.3) is 5.76 Å². The Hall–Kier alpha value is -3.52. The minimum Gasteiger partial charge on any atom is -0.507 e. The molecule has 192 valence electrons. The summed E-state index contributed by atoms with van der Waals surface area (Å²) in [6, 6.07) is 9.90. The number of aliphatic hydroxyl groups excluding tert-OH is 1. The van der Waals surface area contributed by atoms with Gasteiger partial charge in [-0.05, 0) is 61.5 Å². The molecule has 2 aromatic rings. The predicted octanol–water partition coefficient (Wildman–Crippen LogP) is 3.79. The second-order valence-corrected chi connectivity index (χ2v) is 9.09. The largest absolute Gasteiger partial charge is 0.507 e. The summed E-state index contributed by atoms with van der Waals surface area (Å²) >= 11 is 0. The Labute approximate surface area is 212 Å². The average molecular weight is 495 g/mol. The van der Waals surface area contributed by atoms with Gasteiger partial charge in [0.25, 0.3) is 11.7 Å². The Kier molecular flexibility index (Phi) is 7.54. The molecule has 4 rings (SSSR count). The van der Waals surface area contributed by atoms with Gasteiger partial charge in [-0.1, -0.05) is 19.9 Å². The summed E-state index contributed by atoms with van der Waals surface area (Å²) in [6.07, 6.45) is 0.767. The zero-order valence-electron chi connectivity index (χ0n) is 21.5. The highest BCUT2D eigenvalue weighted by Gasteiger charge is 2.46. The molecule has 8 heteroatoms. The third kappa shape index (κ3) is 4.65. The second-order valence-electron chi connectivity index (χ2n) is 9.09. The highest BCUT2D eigenvalue weighted by Crippen LogP contribution is 2.42. The van der Waals surface area contributed by atoms with Crippen LogP contribution in [0.2, 0.25) is 0 Å². The highest BCUT2D eigenvalue weighted by molar-refractivity contribution is 6.46. The summed E-state index contributed by atoms with van der Waals surface area (Å²) < 4.78 is 16.6. The van der Waals surface area contributed by atoms with Crippen LogP contribution in [0, 0.1) is 0 Å². The molecule has 0 bridgehead atoms. The smallest absolute Gasteiger partial charge is 0.295 e. The number of aliphatic hydroxyl groups is 1. The number of benzene rings is 2. The number of fused-ring (bicyclic) bond motifs is 1. The first-order valence-electron chi connectivity index (χ1n) is 12.3. The number of likely N-dealkylation sites (N-methyl/N-ethyl adjacent to an activating group) is 1. The lowest BCUT2D eigenvalue weighted by molar-refractivity contribution is -0.140. The Bertz CT molecular complexity index is 1190. The number of carbonyl (C=O) groups excluding carboxylic acids is 2. The van der Waals surface area contributed by atoms with Gasteiger partial charge in [0.1, 0.15) is 17.6 Å². The van der Waals surface area contributed by atoms with E-state index in [0.29, 0.717) is 42.1 Å². The van der Waals surface area contributed by atoms with Crippen LogP contribution in [-0.4, -0.2) is 73.1 Å². The maximum Gasteiger partial charge on any atom is 0.295 e. The molecule has 0 spiro atoms. The van der Waals surface area contributed by atoms with Crippen molar-refractivity contribution < 1.29 is 28.9 Å². The van der Waals surface area contributed by atoms with E-state index in [4.69, 9.17) is 14.2 Å². The lowest BCUT2D eigenvalue weighted by Crippen LogP contribution is -2.38. The van der Waals surface area contributed by atoms with Gasteiger partial charge in [-0.3, -0.25) is 9.59 Å². The lowest BCUT2D eigenvalue weighted by atomic mass is 9.94. The van der Waals surface area contributed by atoms with Crippen molar-refractivity contribution in [3.8, 4) is 17.2 Å². The SMILES string of the molecule is CCN(CC)CCN1C(=O)C(=O)/C(=C(/O)c2ccc3c(c2)CC(C)O3)C1c1ccc(OC)c(OC)c1. The molecule has 0 radical (unpaired) electrons. The third-order valence-corrected chi connectivity index (χ3v) is 6.98. The summed E-state index contributed by atoms with van der Waals surface area (Å²) in [5, 5.41) is 11.4. The maximum atomic E-state index is 13.4. The summed E-state index contributed by atoms with van der Waals surface area (Å²) in [6.45, 7) is 8.71. The minimum absolute atomic E-state index is 0.0508. The molecule has 2 aromatic carbocycles. The van der Waals surface area contributed by atoms with Crippen molar-refractivity contribution in [1.82, 2.24) is 9.80 Å². The van der Waals surface area contributed by atoms with E-state index in [1.54, 1.807) is 42.3 Å². The summed E-state index contributed by atoms with van der Waals surface area (Å²) in [5.41, 5.74) is 2.17. The molecule has 0 aliphatic carbocycles.